The summed E-state index contributed by atoms with van der Waals surface area (Å²) in [4.78, 5) is -3.90. The quantitative estimate of drug-likeness (QED) is 0.539. The fourth-order valence-electron chi connectivity index (χ4n) is 3.38. The van der Waals surface area contributed by atoms with Gasteiger partial charge in [-0.3, -0.25) is 0 Å². The van der Waals surface area contributed by atoms with Crippen LogP contribution in [0.5, 0.6) is 0 Å². The summed E-state index contributed by atoms with van der Waals surface area (Å²) in [6.45, 7) is 3.46. The first-order valence-electron chi connectivity index (χ1n) is 9.26. The van der Waals surface area contributed by atoms with Crippen molar-refractivity contribution < 1.29 is 41.6 Å². The summed E-state index contributed by atoms with van der Waals surface area (Å²) in [7, 11) is -8.31. The second-order valence-electron chi connectivity index (χ2n) is 7.42. The molecule has 3 N–H and O–H groups in total. The number of methoxy groups -OCH3 is 1. The first-order valence-corrected chi connectivity index (χ1v) is 12.3. The standard InChI is InChI=1S/C20H24O9S2/c1-12-4-8-14(9-5-12)30(24,25)18(22)17-20(23,16(21)19(28-3)29-17)31(26,27)15-10-6-13(2)7-11-15/h4-11,16-19,21-23H,1-3H3/t16-,17+,18?,19+,20+/m0/s1. The van der Waals surface area contributed by atoms with Crippen LogP contribution in [0.3, 0.4) is 0 Å². The van der Waals surface area contributed by atoms with Crippen LogP contribution in [0.25, 0.3) is 0 Å². The molecule has 1 saturated heterocycles. The Labute approximate surface area is 180 Å². The third kappa shape index (κ3) is 3.80. The van der Waals surface area contributed by atoms with Crippen molar-refractivity contribution in [3.8, 4) is 0 Å². The van der Waals surface area contributed by atoms with Crippen LogP contribution in [-0.4, -0.2) is 68.1 Å². The number of aliphatic hydroxyl groups excluding tert-OH is 2. The van der Waals surface area contributed by atoms with Crippen LogP contribution >= 0.6 is 0 Å². The van der Waals surface area contributed by atoms with Gasteiger partial charge < -0.3 is 24.8 Å². The predicted molar refractivity (Wildman–Crippen MR) is 109 cm³/mol. The van der Waals surface area contributed by atoms with Gasteiger partial charge in [0.1, 0.15) is 6.10 Å². The van der Waals surface area contributed by atoms with Crippen LogP contribution in [0.4, 0.5) is 0 Å². The molecule has 0 aromatic heterocycles. The molecule has 11 heteroatoms. The van der Waals surface area contributed by atoms with Gasteiger partial charge in [-0.15, -0.1) is 0 Å². The Morgan fingerprint density at radius 2 is 1.39 bits per heavy atom. The van der Waals surface area contributed by atoms with Crippen molar-refractivity contribution in [2.75, 3.05) is 7.11 Å². The van der Waals surface area contributed by atoms with Crippen molar-refractivity contribution in [3.63, 3.8) is 0 Å². The van der Waals surface area contributed by atoms with E-state index in [9.17, 15) is 32.2 Å². The molecule has 0 radical (unpaired) electrons. The molecule has 0 amide bonds. The molecular weight excluding hydrogens is 448 g/mol. The Hall–Kier alpha value is -1.86. The van der Waals surface area contributed by atoms with Gasteiger partial charge in [-0.25, -0.2) is 16.8 Å². The van der Waals surface area contributed by atoms with Gasteiger partial charge in [0.05, 0.1) is 9.79 Å². The monoisotopic (exact) mass is 472 g/mol. The third-order valence-corrected chi connectivity index (χ3v) is 9.33. The maximum absolute atomic E-state index is 13.3. The number of aryl methyl sites for hydroxylation is 2. The van der Waals surface area contributed by atoms with Crippen molar-refractivity contribution in [2.24, 2.45) is 0 Å². The van der Waals surface area contributed by atoms with E-state index in [1.807, 2.05) is 0 Å². The molecule has 1 aliphatic rings. The number of ether oxygens (including phenoxy) is 2. The average molecular weight is 473 g/mol. The zero-order valence-electron chi connectivity index (χ0n) is 17.0. The molecule has 170 valence electrons. The van der Waals surface area contributed by atoms with Crippen LogP contribution < -0.4 is 0 Å². The van der Waals surface area contributed by atoms with Crippen molar-refractivity contribution in [3.05, 3.63) is 59.7 Å². The Kier molecular flexibility index (Phi) is 6.33. The normalized spacial score (nSPS) is 27.9. The molecule has 31 heavy (non-hydrogen) atoms. The summed E-state index contributed by atoms with van der Waals surface area (Å²) < 4.78 is 62.7. The summed E-state index contributed by atoms with van der Waals surface area (Å²) in [5.41, 5.74) is -1.02. The van der Waals surface area contributed by atoms with E-state index in [1.54, 1.807) is 13.8 Å². The van der Waals surface area contributed by atoms with Gasteiger partial charge >= 0.3 is 0 Å². The molecule has 5 atom stereocenters. The van der Waals surface area contributed by atoms with E-state index in [2.05, 4.69) is 0 Å². The summed E-state index contributed by atoms with van der Waals surface area (Å²) in [6, 6.07) is 10.8. The number of hydrogen-bond donors (Lipinski definition) is 3. The number of hydrogen-bond acceptors (Lipinski definition) is 9. The van der Waals surface area contributed by atoms with Crippen LogP contribution in [0.1, 0.15) is 11.1 Å². The lowest BCUT2D eigenvalue weighted by atomic mass is 10.1. The highest BCUT2D eigenvalue weighted by Crippen LogP contribution is 2.42. The highest BCUT2D eigenvalue weighted by molar-refractivity contribution is 7.93. The minimum absolute atomic E-state index is 0.306. The predicted octanol–water partition coefficient (Wildman–Crippen LogP) is 0.290. The van der Waals surface area contributed by atoms with Crippen molar-refractivity contribution in [1.29, 1.82) is 0 Å². The van der Waals surface area contributed by atoms with Crippen LogP contribution in [0.2, 0.25) is 0 Å². The fraction of sp³-hybridized carbons (Fsp3) is 0.400. The number of aliphatic hydroxyl groups is 3. The van der Waals surface area contributed by atoms with E-state index >= 15 is 0 Å². The summed E-state index contributed by atoms with van der Waals surface area (Å²) in [6.07, 6.45) is -6.15. The smallest absolute Gasteiger partial charge is 0.231 e. The molecule has 9 nitrogen and oxygen atoms in total. The maximum atomic E-state index is 13.3. The lowest BCUT2D eigenvalue weighted by Gasteiger charge is -2.32. The molecule has 2 aromatic carbocycles. The maximum Gasteiger partial charge on any atom is 0.231 e. The average Bonchev–Trinajstić information content (AvgIpc) is 3.00. The van der Waals surface area contributed by atoms with Crippen molar-refractivity contribution >= 4 is 19.7 Å². The molecule has 0 aliphatic carbocycles. The lowest BCUT2D eigenvalue weighted by molar-refractivity contribution is -0.156. The van der Waals surface area contributed by atoms with E-state index in [-0.39, 0.29) is 9.79 Å². The van der Waals surface area contributed by atoms with E-state index in [0.29, 0.717) is 0 Å². The molecule has 1 heterocycles. The minimum atomic E-state index is -4.81. The molecule has 1 aliphatic heterocycles. The second kappa shape index (κ2) is 8.24. The highest BCUT2D eigenvalue weighted by atomic mass is 32.2. The SMILES string of the molecule is CO[C@@H]1O[C@H](C(O)S(=O)(=O)c2ccc(C)cc2)[C@](O)(S(=O)(=O)c2ccc(C)cc2)[C@H]1O. The summed E-state index contributed by atoms with van der Waals surface area (Å²) in [5.74, 6) is 0. The Morgan fingerprint density at radius 3 is 1.84 bits per heavy atom. The molecule has 1 unspecified atom stereocenters. The molecule has 2 aromatic rings. The van der Waals surface area contributed by atoms with Gasteiger partial charge in [-0.1, -0.05) is 35.4 Å². The van der Waals surface area contributed by atoms with Crippen LogP contribution in [-0.2, 0) is 29.1 Å². The van der Waals surface area contributed by atoms with E-state index in [0.717, 1.165) is 18.2 Å². The Balaban J connectivity index is 2.13. The van der Waals surface area contributed by atoms with E-state index < -0.39 is 48.5 Å². The first-order chi connectivity index (χ1) is 14.4. The number of sulfone groups is 2. The van der Waals surface area contributed by atoms with Crippen molar-refractivity contribution in [1.82, 2.24) is 0 Å². The first kappa shape index (κ1) is 23.8. The molecule has 0 saturated carbocycles. The highest BCUT2D eigenvalue weighted by Gasteiger charge is 2.67. The van der Waals surface area contributed by atoms with E-state index in [1.165, 1.54) is 48.5 Å². The Morgan fingerprint density at radius 1 is 0.935 bits per heavy atom. The zero-order chi connectivity index (χ0) is 23.2. The topological polar surface area (TPSA) is 147 Å². The van der Waals surface area contributed by atoms with Gasteiger partial charge in [-0.05, 0) is 38.1 Å². The third-order valence-electron chi connectivity index (χ3n) is 5.29. The summed E-state index contributed by atoms with van der Waals surface area (Å²) in [5, 5.41) is 32.5. The molecule has 3 rings (SSSR count). The van der Waals surface area contributed by atoms with Crippen molar-refractivity contribution in [2.45, 2.75) is 52.5 Å². The van der Waals surface area contributed by atoms with Gasteiger partial charge in [-0.2, -0.15) is 0 Å². The number of rotatable bonds is 6. The zero-order valence-corrected chi connectivity index (χ0v) is 18.7. The second-order valence-corrected chi connectivity index (χ2v) is 11.6. The molecule has 0 spiro atoms. The minimum Gasteiger partial charge on any atom is -0.384 e. The Bertz CT molecular complexity index is 1140. The van der Waals surface area contributed by atoms with Gasteiger partial charge in [0, 0.05) is 7.11 Å². The van der Waals surface area contributed by atoms with Gasteiger partial charge in [0.2, 0.25) is 24.6 Å². The van der Waals surface area contributed by atoms with E-state index in [4.69, 9.17) is 9.47 Å². The molecule has 1 fully saturated rings. The number of benzene rings is 2. The van der Waals surface area contributed by atoms with Crippen LogP contribution in [0.15, 0.2) is 58.3 Å². The van der Waals surface area contributed by atoms with Gasteiger partial charge in [0.25, 0.3) is 0 Å². The molecule has 0 bridgehead atoms. The van der Waals surface area contributed by atoms with Gasteiger partial charge in [0.15, 0.2) is 17.8 Å². The summed E-state index contributed by atoms with van der Waals surface area (Å²) >= 11 is 0. The largest absolute Gasteiger partial charge is 0.384 e. The lowest BCUT2D eigenvalue weighted by Crippen LogP contribution is -2.59. The molecular formula is C20H24O9S2. The fourth-order valence-corrected chi connectivity index (χ4v) is 6.65. The van der Waals surface area contributed by atoms with Crippen LogP contribution in [0, 0.1) is 13.8 Å².